The van der Waals surface area contributed by atoms with Crippen LogP contribution in [0.25, 0.3) is 0 Å². The molecule has 3 heterocycles. The number of anilines is 1. The molecule has 2 aromatic heterocycles. The fourth-order valence-electron chi connectivity index (χ4n) is 2.11. The summed E-state index contributed by atoms with van der Waals surface area (Å²) >= 11 is 0. The maximum absolute atomic E-state index is 5.53. The minimum Gasteiger partial charge on any atom is -0.432 e. The van der Waals surface area contributed by atoms with Gasteiger partial charge in [-0.3, -0.25) is 0 Å². The van der Waals surface area contributed by atoms with E-state index in [0.29, 0.717) is 6.01 Å². The molecule has 0 aromatic carbocycles. The Morgan fingerprint density at radius 3 is 3.28 bits per heavy atom. The molecule has 0 atom stereocenters. The zero-order chi connectivity index (χ0) is 12.4. The summed E-state index contributed by atoms with van der Waals surface area (Å²) in [5.74, 6) is 1.06. The van der Waals surface area contributed by atoms with Gasteiger partial charge >= 0.3 is 0 Å². The van der Waals surface area contributed by atoms with Crippen molar-refractivity contribution in [2.45, 2.75) is 26.6 Å². The number of aromatic nitrogens is 3. The second-order valence-electron chi connectivity index (χ2n) is 4.36. The topological polar surface area (TPSA) is 59.1 Å². The van der Waals surface area contributed by atoms with Gasteiger partial charge in [0.2, 0.25) is 0 Å². The van der Waals surface area contributed by atoms with E-state index in [-0.39, 0.29) is 0 Å². The minimum atomic E-state index is 0.692. The van der Waals surface area contributed by atoms with Crippen LogP contribution in [0.5, 0.6) is 0 Å². The van der Waals surface area contributed by atoms with Crippen molar-refractivity contribution in [1.82, 2.24) is 19.9 Å². The Kier molecular flexibility index (Phi) is 3.02. The average Bonchev–Trinajstić information content (AvgIpc) is 3.04. The summed E-state index contributed by atoms with van der Waals surface area (Å²) in [7, 11) is 0. The Labute approximate surface area is 106 Å². The van der Waals surface area contributed by atoms with Gasteiger partial charge in [-0.25, -0.2) is 4.98 Å². The van der Waals surface area contributed by atoms with E-state index in [0.717, 1.165) is 44.2 Å². The largest absolute Gasteiger partial charge is 0.432 e. The molecule has 0 amide bonds. The summed E-state index contributed by atoms with van der Waals surface area (Å²) in [5.41, 5.74) is 0.945. The molecule has 6 nitrogen and oxygen atoms in total. The number of nitrogens with one attached hydrogen (secondary N) is 1. The highest BCUT2D eigenvalue weighted by Gasteiger charge is 2.20. The Morgan fingerprint density at radius 2 is 2.39 bits per heavy atom. The van der Waals surface area contributed by atoms with Crippen molar-refractivity contribution < 1.29 is 4.42 Å². The van der Waals surface area contributed by atoms with Crippen LogP contribution in [0.15, 0.2) is 23.1 Å². The quantitative estimate of drug-likeness (QED) is 0.873. The number of hydrogen-bond acceptors (Lipinski definition) is 5. The normalized spacial score (nSPS) is 14.8. The maximum atomic E-state index is 5.53. The van der Waals surface area contributed by atoms with Gasteiger partial charge in [0, 0.05) is 32.0 Å². The van der Waals surface area contributed by atoms with Crippen molar-refractivity contribution >= 4 is 6.01 Å². The predicted octanol–water partition coefficient (Wildman–Crippen LogP) is 1.00. The highest BCUT2D eigenvalue weighted by molar-refractivity contribution is 5.29. The third-order valence-electron chi connectivity index (χ3n) is 3.11. The lowest BCUT2D eigenvalue weighted by Gasteiger charge is -2.25. The third-order valence-corrected chi connectivity index (χ3v) is 3.11. The Balaban J connectivity index is 1.70. The van der Waals surface area contributed by atoms with Crippen molar-refractivity contribution in [3.63, 3.8) is 0 Å². The molecule has 3 rings (SSSR count). The van der Waals surface area contributed by atoms with Crippen LogP contribution in [-0.4, -0.2) is 27.6 Å². The zero-order valence-corrected chi connectivity index (χ0v) is 10.5. The summed E-state index contributed by atoms with van der Waals surface area (Å²) in [6.07, 6.45) is 5.57. The smallest absolute Gasteiger partial charge is 0.297 e. The van der Waals surface area contributed by atoms with E-state index in [1.54, 1.807) is 6.26 Å². The third kappa shape index (κ3) is 2.11. The van der Waals surface area contributed by atoms with E-state index in [1.165, 1.54) is 0 Å². The molecule has 0 saturated heterocycles. The molecule has 0 spiro atoms. The van der Waals surface area contributed by atoms with Gasteiger partial charge in [0.1, 0.15) is 12.1 Å². The van der Waals surface area contributed by atoms with E-state index in [1.807, 2.05) is 12.4 Å². The van der Waals surface area contributed by atoms with Crippen LogP contribution in [0.1, 0.15) is 18.4 Å². The van der Waals surface area contributed by atoms with Gasteiger partial charge in [0.15, 0.2) is 0 Å². The predicted molar refractivity (Wildman–Crippen MR) is 67.2 cm³/mol. The van der Waals surface area contributed by atoms with Crippen LogP contribution in [0.2, 0.25) is 0 Å². The molecule has 0 saturated carbocycles. The van der Waals surface area contributed by atoms with Crippen LogP contribution >= 0.6 is 0 Å². The zero-order valence-electron chi connectivity index (χ0n) is 10.5. The SMILES string of the molecule is CCNCc1coc(N2CCn3ccnc3C2)n1. The molecule has 1 N–H and O–H groups in total. The molecule has 18 heavy (non-hydrogen) atoms. The summed E-state index contributed by atoms with van der Waals surface area (Å²) in [6, 6.07) is 0.692. The van der Waals surface area contributed by atoms with Crippen LogP contribution in [-0.2, 0) is 19.6 Å². The minimum absolute atomic E-state index is 0.692. The van der Waals surface area contributed by atoms with Crippen molar-refractivity contribution in [2.75, 3.05) is 18.0 Å². The molecular formula is C12H17N5O. The van der Waals surface area contributed by atoms with Crippen molar-refractivity contribution in [1.29, 1.82) is 0 Å². The number of fused-ring (bicyclic) bond motifs is 1. The first-order chi connectivity index (χ1) is 8.86. The van der Waals surface area contributed by atoms with E-state index in [4.69, 9.17) is 4.42 Å². The first-order valence-electron chi connectivity index (χ1n) is 6.27. The number of nitrogens with zero attached hydrogens (tertiary/aromatic N) is 4. The lowest BCUT2D eigenvalue weighted by atomic mass is 10.4. The molecule has 0 aliphatic carbocycles. The second-order valence-corrected chi connectivity index (χ2v) is 4.36. The lowest BCUT2D eigenvalue weighted by molar-refractivity contribution is 0.484. The number of rotatable bonds is 4. The molecule has 0 unspecified atom stereocenters. The lowest BCUT2D eigenvalue weighted by Crippen LogP contribution is -2.33. The molecule has 0 fully saturated rings. The van der Waals surface area contributed by atoms with Crippen molar-refractivity contribution in [3.05, 3.63) is 30.2 Å². The summed E-state index contributed by atoms with van der Waals surface area (Å²) in [5, 5.41) is 3.23. The van der Waals surface area contributed by atoms with Crippen LogP contribution < -0.4 is 10.2 Å². The van der Waals surface area contributed by atoms with Gasteiger partial charge in [-0.1, -0.05) is 6.92 Å². The number of hydrogen-bond donors (Lipinski definition) is 1. The summed E-state index contributed by atoms with van der Waals surface area (Å²) < 4.78 is 7.70. The van der Waals surface area contributed by atoms with Gasteiger partial charge in [0.25, 0.3) is 6.01 Å². The van der Waals surface area contributed by atoms with Gasteiger partial charge < -0.3 is 19.2 Å². The summed E-state index contributed by atoms with van der Waals surface area (Å²) in [4.78, 5) is 10.9. The summed E-state index contributed by atoms with van der Waals surface area (Å²) in [6.45, 7) is 6.36. The monoisotopic (exact) mass is 247 g/mol. The first kappa shape index (κ1) is 11.3. The highest BCUT2D eigenvalue weighted by Crippen LogP contribution is 2.19. The Hall–Kier alpha value is -1.82. The van der Waals surface area contributed by atoms with Gasteiger partial charge in [-0.15, -0.1) is 0 Å². The van der Waals surface area contributed by atoms with E-state index >= 15 is 0 Å². The molecule has 1 aliphatic rings. The Morgan fingerprint density at radius 1 is 1.44 bits per heavy atom. The number of imidazole rings is 1. The van der Waals surface area contributed by atoms with Gasteiger partial charge in [-0.05, 0) is 6.54 Å². The molecule has 6 heteroatoms. The fourth-order valence-corrected chi connectivity index (χ4v) is 2.11. The molecule has 1 aliphatic heterocycles. The Bertz CT molecular complexity index is 518. The highest BCUT2D eigenvalue weighted by atomic mass is 16.4. The van der Waals surface area contributed by atoms with Crippen molar-refractivity contribution in [2.24, 2.45) is 0 Å². The average molecular weight is 247 g/mol. The fraction of sp³-hybridized carbons (Fsp3) is 0.500. The molecule has 0 bridgehead atoms. The maximum Gasteiger partial charge on any atom is 0.297 e. The molecule has 2 aromatic rings. The van der Waals surface area contributed by atoms with E-state index in [9.17, 15) is 0 Å². The number of oxazole rings is 1. The first-order valence-corrected chi connectivity index (χ1v) is 6.27. The van der Waals surface area contributed by atoms with Crippen LogP contribution in [0.4, 0.5) is 6.01 Å². The molecule has 0 radical (unpaired) electrons. The van der Waals surface area contributed by atoms with Crippen molar-refractivity contribution in [3.8, 4) is 0 Å². The van der Waals surface area contributed by atoms with Crippen LogP contribution in [0.3, 0.4) is 0 Å². The van der Waals surface area contributed by atoms with E-state index < -0.39 is 0 Å². The molecular weight excluding hydrogens is 230 g/mol. The van der Waals surface area contributed by atoms with Gasteiger partial charge in [-0.2, -0.15) is 4.98 Å². The van der Waals surface area contributed by atoms with Crippen LogP contribution in [0, 0.1) is 0 Å². The molecule has 96 valence electrons. The standard InChI is InChI=1S/C12H17N5O/c1-2-13-7-10-9-18-12(15-10)17-6-5-16-4-3-14-11(16)8-17/h3-4,9,13H,2,5-8H2,1H3. The second kappa shape index (κ2) is 4.81. The van der Waals surface area contributed by atoms with E-state index in [2.05, 4.69) is 31.7 Å². The van der Waals surface area contributed by atoms with Gasteiger partial charge in [0.05, 0.1) is 12.2 Å².